The zero-order chi connectivity index (χ0) is 12.4. The van der Waals surface area contributed by atoms with Crippen molar-refractivity contribution in [3.63, 3.8) is 0 Å². The van der Waals surface area contributed by atoms with Gasteiger partial charge in [-0.2, -0.15) is 11.8 Å². The predicted octanol–water partition coefficient (Wildman–Crippen LogP) is 0.822. The number of hydrogen-bond donors (Lipinski definition) is 1. The van der Waals surface area contributed by atoms with E-state index >= 15 is 0 Å². The molecule has 1 N–H and O–H groups in total. The molecule has 0 radical (unpaired) electrons. The average molecular weight is 248 g/mol. The van der Waals surface area contributed by atoms with Gasteiger partial charge >= 0.3 is 5.97 Å². The number of carbonyl (C=O) groups excluding carboxylic acids is 1. The van der Waals surface area contributed by atoms with E-state index in [0.29, 0.717) is 0 Å². The van der Waals surface area contributed by atoms with Gasteiger partial charge in [0.25, 0.3) is 0 Å². The molecule has 0 heterocycles. The lowest BCUT2D eigenvalue weighted by molar-refractivity contribution is -0.143. The first-order valence-electron chi connectivity index (χ1n) is 5.56. The molecule has 0 saturated heterocycles. The summed E-state index contributed by atoms with van der Waals surface area (Å²) < 4.78 is 4.78. The van der Waals surface area contributed by atoms with Crippen molar-refractivity contribution in [3.05, 3.63) is 0 Å². The molecule has 5 heteroatoms. The van der Waals surface area contributed by atoms with Gasteiger partial charge in [0, 0.05) is 13.1 Å². The number of methoxy groups -OCH3 is 1. The number of likely N-dealkylation sites (N-methyl/N-ethyl adjacent to an activating group) is 1. The fraction of sp³-hybridized carbons (Fsp3) is 0.909. The summed E-state index contributed by atoms with van der Waals surface area (Å²) in [5, 5.41) is 3.24. The summed E-state index contributed by atoms with van der Waals surface area (Å²) in [5.41, 5.74) is 0. The molecule has 0 spiro atoms. The summed E-state index contributed by atoms with van der Waals surface area (Å²) in [6, 6.07) is -0.155. The molecule has 0 aliphatic heterocycles. The molecule has 0 rings (SSSR count). The number of nitrogens with one attached hydrogen (secondary N) is 1. The van der Waals surface area contributed by atoms with Crippen LogP contribution in [-0.4, -0.2) is 63.2 Å². The van der Waals surface area contributed by atoms with Crippen LogP contribution in [0, 0.1) is 0 Å². The molecule has 0 aliphatic rings. The molecule has 0 saturated carbocycles. The van der Waals surface area contributed by atoms with Crippen molar-refractivity contribution in [1.29, 1.82) is 0 Å². The SMILES string of the molecule is COC(=O)C(CCCSC)NCCN(C)C. The molecule has 0 amide bonds. The number of esters is 1. The van der Waals surface area contributed by atoms with E-state index in [1.54, 1.807) is 11.8 Å². The maximum atomic E-state index is 11.5. The molecule has 4 nitrogen and oxygen atoms in total. The second kappa shape index (κ2) is 9.93. The van der Waals surface area contributed by atoms with Crippen molar-refractivity contribution in [3.8, 4) is 0 Å². The van der Waals surface area contributed by atoms with Gasteiger partial charge in [-0.1, -0.05) is 0 Å². The monoisotopic (exact) mass is 248 g/mol. The Bertz CT molecular complexity index is 189. The summed E-state index contributed by atoms with van der Waals surface area (Å²) in [7, 11) is 5.47. The number of carbonyl (C=O) groups is 1. The molecule has 0 aliphatic carbocycles. The molecule has 0 aromatic rings. The molecule has 0 fully saturated rings. The summed E-state index contributed by atoms with van der Waals surface area (Å²) >= 11 is 1.80. The third kappa shape index (κ3) is 7.96. The molecular weight excluding hydrogens is 224 g/mol. The smallest absolute Gasteiger partial charge is 0.322 e. The maximum absolute atomic E-state index is 11.5. The second-order valence-electron chi connectivity index (χ2n) is 3.97. The van der Waals surface area contributed by atoms with Crippen molar-refractivity contribution in [2.24, 2.45) is 0 Å². The van der Waals surface area contributed by atoms with E-state index in [0.717, 1.165) is 31.7 Å². The fourth-order valence-corrected chi connectivity index (χ4v) is 1.80. The second-order valence-corrected chi connectivity index (χ2v) is 4.95. The Morgan fingerprint density at radius 1 is 1.50 bits per heavy atom. The van der Waals surface area contributed by atoms with Crippen LogP contribution in [0.4, 0.5) is 0 Å². The molecule has 0 bridgehead atoms. The van der Waals surface area contributed by atoms with E-state index in [1.165, 1.54) is 7.11 Å². The number of nitrogens with zero attached hydrogens (tertiary/aromatic N) is 1. The Morgan fingerprint density at radius 3 is 2.69 bits per heavy atom. The van der Waals surface area contributed by atoms with Gasteiger partial charge in [-0.05, 0) is 38.9 Å². The van der Waals surface area contributed by atoms with E-state index in [2.05, 4.69) is 16.5 Å². The van der Waals surface area contributed by atoms with Crippen molar-refractivity contribution >= 4 is 17.7 Å². The minimum absolute atomic E-state index is 0.153. The van der Waals surface area contributed by atoms with Gasteiger partial charge in [-0.3, -0.25) is 4.79 Å². The molecule has 1 atom stereocenters. The molecular formula is C11H24N2O2S. The van der Waals surface area contributed by atoms with E-state index in [4.69, 9.17) is 4.74 Å². The van der Waals surface area contributed by atoms with Crippen LogP contribution in [0.2, 0.25) is 0 Å². The highest BCUT2D eigenvalue weighted by Gasteiger charge is 2.17. The first-order chi connectivity index (χ1) is 7.61. The van der Waals surface area contributed by atoms with Crippen LogP contribution < -0.4 is 5.32 Å². The minimum Gasteiger partial charge on any atom is -0.468 e. The highest BCUT2D eigenvalue weighted by molar-refractivity contribution is 7.98. The van der Waals surface area contributed by atoms with Crippen molar-refractivity contribution < 1.29 is 9.53 Å². The maximum Gasteiger partial charge on any atom is 0.322 e. The Labute approximate surface area is 103 Å². The van der Waals surface area contributed by atoms with Crippen molar-refractivity contribution in [1.82, 2.24) is 10.2 Å². The van der Waals surface area contributed by atoms with Crippen molar-refractivity contribution in [2.45, 2.75) is 18.9 Å². The lowest BCUT2D eigenvalue weighted by Crippen LogP contribution is -2.41. The summed E-state index contributed by atoms with van der Waals surface area (Å²) in [5.74, 6) is 0.933. The largest absolute Gasteiger partial charge is 0.468 e. The quantitative estimate of drug-likeness (QED) is 0.483. The van der Waals surface area contributed by atoms with Crippen LogP contribution in [0.5, 0.6) is 0 Å². The van der Waals surface area contributed by atoms with Crippen LogP contribution in [-0.2, 0) is 9.53 Å². The van der Waals surface area contributed by atoms with Crippen LogP contribution in [0.15, 0.2) is 0 Å². The van der Waals surface area contributed by atoms with Gasteiger partial charge in [-0.25, -0.2) is 0 Å². The van der Waals surface area contributed by atoms with E-state index in [-0.39, 0.29) is 12.0 Å². The highest BCUT2D eigenvalue weighted by Crippen LogP contribution is 2.04. The van der Waals surface area contributed by atoms with Crippen LogP contribution in [0.1, 0.15) is 12.8 Å². The van der Waals surface area contributed by atoms with Gasteiger partial charge in [0.05, 0.1) is 7.11 Å². The van der Waals surface area contributed by atoms with Crippen LogP contribution >= 0.6 is 11.8 Å². The van der Waals surface area contributed by atoms with Crippen LogP contribution in [0.3, 0.4) is 0 Å². The van der Waals surface area contributed by atoms with Gasteiger partial charge in [-0.15, -0.1) is 0 Å². The Morgan fingerprint density at radius 2 is 2.19 bits per heavy atom. The zero-order valence-electron chi connectivity index (χ0n) is 10.8. The molecule has 0 aromatic heterocycles. The zero-order valence-corrected chi connectivity index (χ0v) is 11.6. The topological polar surface area (TPSA) is 41.6 Å². The minimum atomic E-state index is -0.155. The normalized spacial score (nSPS) is 12.8. The average Bonchev–Trinajstić information content (AvgIpc) is 2.26. The van der Waals surface area contributed by atoms with E-state index < -0.39 is 0 Å². The molecule has 16 heavy (non-hydrogen) atoms. The summed E-state index contributed by atoms with van der Waals surface area (Å²) in [6.45, 7) is 1.74. The van der Waals surface area contributed by atoms with Gasteiger partial charge in [0.2, 0.25) is 0 Å². The third-order valence-electron chi connectivity index (χ3n) is 2.28. The van der Waals surface area contributed by atoms with Gasteiger partial charge < -0.3 is 15.0 Å². The predicted molar refractivity (Wildman–Crippen MR) is 70.0 cm³/mol. The fourth-order valence-electron chi connectivity index (χ4n) is 1.34. The Balaban J connectivity index is 3.86. The first kappa shape index (κ1) is 15.7. The highest BCUT2D eigenvalue weighted by atomic mass is 32.2. The van der Waals surface area contributed by atoms with Gasteiger partial charge in [0.15, 0.2) is 0 Å². The number of ether oxygens (including phenoxy) is 1. The molecule has 0 aromatic carbocycles. The van der Waals surface area contributed by atoms with E-state index in [1.807, 2.05) is 14.1 Å². The van der Waals surface area contributed by atoms with Crippen LogP contribution in [0.25, 0.3) is 0 Å². The number of rotatable bonds is 9. The first-order valence-corrected chi connectivity index (χ1v) is 6.96. The third-order valence-corrected chi connectivity index (χ3v) is 2.97. The lowest BCUT2D eigenvalue weighted by atomic mass is 10.1. The molecule has 1 unspecified atom stereocenters. The summed E-state index contributed by atoms with van der Waals surface area (Å²) in [6.07, 6.45) is 3.96. The lowest BCUT2D eigenvalue weighted by Gasteiger charge is -2.17. The van der Waals surface area contributed by atoms with Crippen molar-refractivity contribution in [2.75, 3.05) is 46.3 Å². The number of hydrogen-bond acceptors (Lipinski definition) is 5. The Kier molecular flexibility index (Phi) is 9.77. The Hall–Kier alpha value is -0.260. The molecule has 96 valence electrons. The van der Waals surface area contributed by atoms with E-state index in [9.17, 15) is 4.79 Å². The number of thioether (sulfide) groups is 1. The summed E-state index contributed by atoms with van der Waals surface area (Å²) in [4.78, 5) is 13.6. The standard InChI is InChI=1S/C11H24N2O2S/c1-13(2)8-7-12-10(11(14)15-3)6-5-9-16-4/h10,12H,5-9H2,1-4H3. The van der Waals surface area contributed by atoms with Gasteiger partial charge in [0.1, 0.15) is 6.04 Å².